The zero-order valence-corrected chi connectivity index (χ0v) is 16.4. The molecule has 1 aliphatic heterocycles. The molecule has 0 spiro atoms. The highest BCUT2D eigenvalue weighted by Gasteiger charge is 2.35. The molecule has 0 saturated heterocycles. The number of amides is 2. The molecule has 4 rings (SSSR count). The molecular weight excluding hydrogens is 386 g/mol. The lowest BCUT2D eigenvalue weighted by Gasteiger charge is -2.10. The average molecular weight is 405 g/mol. The van der Waals surface area contributed by atoms with Gasteiger partial charge in [-0.15, -0.1) is 5.10 Å². The Bertz CT molecular complexity index is 1120. The standard InChI is InChI=1S/C21H19N5O4/c1-12(27)13-3-7-15(8-4-13)22-18(28)11-17-20(29)24-21-23-19(25-26(17)21)14-5-9-16(30-2)10-6-14/h3-10,17H,11H2,1-2H3,(H,22,28)(H,23,24,25,29)/t17-/m1/s1. The number of hydrogen-bond donors (Lipinski definition) is 2. The van der Waals surface area contributed by atoms with E-state index < -0.39 is 6.04 Å². The summed E-state index contributed by atoms with van der Waals surface area (Å²) < 4.78 is 6.57. The van der Waals surface area contributed by atoms with E-state index in [1.54, 1.807) is 43.5 Å². The Morgan fingerprint density at radius 3 is 2.47 bits per heavy atom. The number of benzene rings is 2. The van der Waals surface area contributed by atoms with Crippen LogP contribution in [0, 0.1) is 0 Å². The van der Waals surface area contributed by atoms with E-state index in [-0.39, 0.29) is 24.0 Å². The second-order valence-electron chi connectivity index (χ2n) is 6.82. The Morgan fingerprint density at radius 1 is 1.13 bits per heavy atom. The fourth-order valence-electron chi connectivity index (χ4n) is 3.15. The van der Waals surface area contributed by atoms with Gasteiger partial charge in [-0.1, -0.05) is 0 Å². The lowest BCUT2D eigenvalue weighted by atomic mass is 10.1. The number of carbonyl (C=O) groups excluding carboxylic acids is 3. The second kappa shape index (κ2) is 7.78. The Morgan fingerprint density at radius 2 is 1.83 bits per heavy atom. The number of Topliss-reactive ketones (excluding diaryl/α,β-unsaturated/α-hetero) is 1. The molecule has 1 atom stereocenters. The van der Waals surface area contributed by atoms with Crippen LogP contribution in [0.4, 0.5) is 11.6 Å². The minimum absolute atomic E-state index is 0.0538. The highest BCUT2D eigenvalue weighted by Crippen LogP contribution is 2.29. The van der Waals surface area contributed by atoms with Gasteiger partial charge in [0.05, 0.1) is 13.5 Å². The molecule has 1 aliphatic rings. The van der Waals surface area contributed by atoms with E-state index >= 15 is 0 Å². The van der Waals surface area contributed by atoms with E-state index in [1.165, 1.54) is 11.6 Å². The van der Waals surface area contributed by atoms with Crippen molar-refractivity contribution >= 4 is 29.2 Å². The zero-order chi connectivity index (χ0) is 21.3. The van der Waals surface area contributed by atoms with Gasteiger partial charge in [0.2, 0.25) is 11.9 Å². The van der Waals surface area contributed by atoms with Crippen LogP contribution in [0.2, 0.25) is 0 Å². The molecule has 3 aromatic rings. The first-order valence-electron chi connectivity index (χ1n) is 9.27. The van der Waals surface area contributed by atoms with E-state index in [0.717, 1.165) is 5.56 Å². The zero-order valence-electron chi connectivity index (χ0n) is 16.4. The highest BCUT2D eigenvalue weighted by atomic mass is 16.5. The Kier molecular flexibility index (Phi) is 5.01. The number of rotatable bonds is 6. The van der Waals surface area contributed by atoms with Gasteiger partial charge in [-0.05, 0) is 55.5 Å². The second-order valence-corrected chi connectivity index (χ2v) is 6.82. The number of carbonyl (C=O) groups is 3. The molecule has 1 aromatic heterocycles. The molecule has 9 nitrogen and oxygen atoms in total. The number of nitrogens with zero attached hydrogens (tertiary/aromatic N) is 3. The number of fused-ring (bicyclic) bond motifs is 1. The summed E-state index contributed by atoms with van der Waals surface area (Å²) in [6.07, 6.45) is -0.0985. The van der Waals surface area contributed by atoms with Gasteiger partial charge in [-0.25, -0.2) is 4.68 Å². The van der Waals surface area contributed by atoms with Crippen LogP contribution in [-0.2, 0) is 9.59 Å². The third-order valence-corrected chi connectivity index (χ3v) is 4.77. The van der Waals surface area contributed by atoms with Crippen LogP contribution in [0.3, 0.4) is 0 Å². The van der Waals surface area contributed by atoms with Gasteiger partial charge in [-0.2, -0.15) is 4.98 Å². The minimum Gasteiger partial charge on any atom is -0.497 e. The molecular formula is C21H19N5O4. The summed E-state index contributed by atoms with van der Waals surface area (Å²) in [5.74, 6) is 0.715. The maximum absolute atomic E-state index is 12.5. The lowest BCUT2D eigenvalue weighted by Crippen LogP contribution is -2.23. The van der Waals surface area contributed by atoms with Crippen LogP contribution in [0.1, 0.15) is 29.7 Å². The maximum Gasteiger partial charge on any atom is 0.252 e. The number of ether oxygens (including phenoxy) is 1. The third-order valence-electron chi connectivity index (χ3n) is 4.77. The minimum atomic E-state index is -0.795. The average Bonchev–Trinajstić information content (AvgIpc) is 3.27. The first kappa shape index (κ1) is 19.3. The van der Waals surface area contributed by atoms with Crippen molar-refractivity contribution in [3.8, 4) is 17.1 Å². The van der Waals surface area contributed by atoms with Gasteiger partial charge >= 0.3 is 0 Å². The van der Waals surface area contributed by atoms with Crippen LogP contribution < -0.4 is 15.4 Å². The van der Waals surface area contributed by atoms with E-state index in [0.29, 0.717) is 28.8 Å². The first-order chi connectivity index (χ1) is 14.4. The molecule has 152 valence electrons. The van der Waals surface area contributed by atoms with Crippen molar-refractivity contribution in [3.05, 3.63) is 54.1 Å². The molecule has 9 heteroatoms. The molecule has 30 heavy (non-hydrogen) atoms. The van der Waals surface area contributed by atoms with Crippen molar-refractivity contribution in [1.82, 2.24) is 14.8 Å². The van der Waals surface area contributed by atoms with Gasteiger partial charge in [0.15, 0.2) is 11.6 Å². The van der Waals surface area contributed by atoms with E-state index in [9.17, 15) is 14.4 Å². The topological polar surface area (TPSA) is 115 Å². The summed E-state index contributed by atoms with van der Waals surface area (Å²) in [5.41, 5.74) is 1.86. The molecule has 0 saturated carbocycles. The SMILES string of the molecule is COc1ccc(-c2nc3n(n2)[C@H](CC(=O)Nc2ccc(C(C)=O)cc2)C(=O)N3)cc1. The number of nitrogens with one attached hydrogen (secondary N) is 2. The first-order valence-corrected chi connectivity index (χ1v) is 9.27. The number of methoxy groups -OCH3 is 1. The maximum atomic E-state index is 12.5. The van der Waals surface area contributed by atoms with Crippen molar-refractivity contribution in [1.29, 1.82) is 0 Å². The quantitative estimate of drug-likeness (QED) is 0.609. The highest BCUT2D eigenvalue weighted by molar-refractivity contribution is 6.01. The Labute approximate surface area is 172 Å². The van der Waals surface area contributed by atoms with Crippen molar-refractivity contribution < 1.29 is 19.1 Å². The van der Waals surface area contributed by atoms with E-state index in [4.69, 9.17) is 4.74 Å². The molecule has 0 fully saturated rings. The molecule has 0 unspecified atom stereocenters. The van der Waals surface area contributed by atoms with E-state index in [1.807, 2.05) is 12.1 Å². The molecule has 0 radical (unpaired) electrons. The molecule has 0 bridgehead atoms. The van der Waals surface area contributed by atoms with Crippen LogP contribution in [0.5, 0.6) is 5.75 Å². The van der Waals surface area contributed by atoms with Gasteiger partial charge < -0.3 is 10.1 Å². The summed E-state index contributed by atoms with van der Waals surface area (Å²) >= 11 is 0. The smallest absolute Gasteiger partial charge is 0.252 e. The van der Waals surface area contributed by atoms with Gasteiger partial charge in [0, 0.05) is 16.8 Å². The largest absolute Gasteiger partial charge is 0.497 e. The number of aromatic nitrogens is 3. The predicted octanol–water partition coefficient (Wildman–Crippen LogP) is 2.68. The summed E-state index contributed by atoms with van der Waals surface area (Å²) in [5, 5.41) is 9.79. The van der Waals surface area contributed by atoms with Crippen LogP contribution in [0.15, 0.2) is 48.5 Å². The lowest BCUT2D eigenvalue weighted by molar-refractivity contribution is -0.123. The van der Waals surface area contributed by atoms with Crippen LogP contribution in [-0.4, -0.2) is 39.5 Å². The predicted molar refractivity (Wildman–Crippen MR) is 109 cm³/mol. The van der Waals surface area contributed by atoms with Crippen LogP contribution in [0.25, 0.3) is 11.4 Å². The molecule has 2 aromatic carbocycles. The van der Waals surface area contributed by atoms with Crippen molar-refractivity contribution in [2.75, 3.05) is 17.7 Å². The van der Waals surface area contributed by atoms with Crippen LogP contribution >= 0.6 is 0 Å². The fourth-order valence-corrected chi connectivity index (χ4v) is 3.15. The van der Waals surface area contributed by atoms with Crippen molar-refractivity contribution in [2.24, 2.45) is 0 Å². The summed E-state index contributed by atoms with van der Waals surface area (Å²) in [7, 11) is 1.58. The molecule has 2 heterocycles. The van der Waals surface area contributed by atoms with Gasteiger partial charge in [0.1, 0.15) is 11.8 Å². The fraction of sp³-hybridized carbons (Fsp3) is 0.190. The summed E-state index contributed by atoms with van der Waals surface area (Å²) in [4.78, 5) is 40.4. The van der Waals surface area contributed by atoms with Gasteiger partial charge in [-0.3, -0.25) is 19.7 Å². The third kappa shape index (κ3) is 3.77. The number of hydrogen-bond acceptors (Lipinski definition) is 6. The number of ketones is 1. The summed E-state index contributed by atoms with van der Waals surface area (Å²) in [6, 6.07) is 13.0. The summed E-state index contributed by atoms with van der Waals surface area (Å²) in [6.45, 7) is 1.47. The Hall–Kier alpha value is -4.01. The molecule has 2 N–H and O–H groups in total. The van der Waals surface area contributed by atoms with Crippen molar-refractivity contribution in [3.63, 3.8) is 0 Å². The number of anilines is 2. The van der Waals surface area contributed by atoms with E-state index in [2.05, 4.69) is 20.7 Å². The van der Waals surface area contributed by atoms with Crippen molar-refractivity contribution in [2.45, 2.75) is 19.4 Å². The normalized spacial score (nSPS) is 14.7. The molecule has 0 aliphatic carbocycles. The van der Waals surface area contributed by atoms with Gasteiger partial charge in [0.25, 0.3) is 5.91 Å². The molecule has 2 amide bonds. The Balaban J connectivity index is 1.47. The monoisotopic (exact) mass is 405 g/mol.